The summed E-state index contributed by atoms with van der Waals surface area (Å²) in [4.78, 5) is 0. The van der Waals surface area contributed by atoms with E-state index in [0.717, 1.165) is 82.0 Å². The Balaban J connectivity index is 1.38. The zero-order valence-electron chi connectivity index (χ0n) is 31.2. The Morgan fingerprint density at radius 2 is 0.673 bits per heavy atom. The van der Waals surface area contributed by atoms with Crippen LogP contribution in [0.5, 0.6) is 0 Å². The van der Waals surface area contributed by atoms with Crippen LogP contribution in [0.4, 0.5) is 0 Å². The fourth-order valence-corrected chi connectivity index (χ4v) is 11.1. The van der Waals surface area contributed by atoms with Crippen molar-refractivity contribution in [2.24, 2.45) is 0 Å². The molecule has 4 nitrogen and oxygen atoms in total. The Labute approximate surface area is 314 Å². The molecule has 0 aliphatic rings. The molecule has 0 aliphatic heterocycles. The Hall–Kier alpha value is -2.90. The van der Waals surface area contributed by atoms with E-state index in [4.69, 9.17) is 0 Å². The average Bonchev–Trinajstić information content (AvgIpc) is 3.15. The topological polar surface area (TPSA) is 74.6 Å². The Bertz CT molecular complexity index is 2110. The minimum absolute atomic E-state index is 0.574. The number of hydrogen-bond donors (Lipinski definition) is 2. The molecule has 0 fully saturated rings. The van der Waals surface area contributed by atoms with Crippen LogP contribution < -0.4 is 0 Å². The molecule has 7 rings (SSSR count). The van der Waals surface area contributed by atoms with Crippen molar-refractivity contribution >= 4 is 86.8 Å². The highest BCUT2D eigenvalue weighted by Gasteiger charge is 2.34. The first-order valence-corrected chi connectivity index (χ1v) is 22.6. The predicted molar refractivity (Wildman–Crippen MR) is 227 cm³/mol. The highest BCUT2D eigenvalue weighted by molar-refractivity contribution is 7.80. The van der Waals surface area contributed by atoms with Crippen molar-refractivity contribution in [2.75, 3.05) is 0 Å². The quantitative estimate of drug-likeness (QED) is 0.0314. The van der Waals surface area contributed by atoms with Gasteiger partial charge in [-0.15, -0.1) is 0 Å². The standard InChI is InChI=1S/C46H56O4S2/c1-3-5-7-9-11-13-15-17-19-37(51(47)48)43-35-29-27-33-25-23-31-21-22-32-24-26-34-28-30-36(46-42(34)40(32)39(31)41(33)45(35)46)44(43)38(52(49)50)20-18-16-14-12-10-8-6-4-2/h21-30,37-38H,3-20H2,1-2H3,(H,47,48)(H,49,50). The van der Waals surface area contributed by atoms with Crippen LogP contribution in [0, 0.1) is 0 Å². The minimum atomic E-state index is -2.16. The molecule has 7 aromatic carbocycles. The van der Waals surface area contributed by atoms with Gasteiger partial charge in [-0.3, -0.25) is 0 Å². The summed E-state index contributed by atoms with van der Waals surface area (Å²) in [6.07, 6.45) is 19.6. The number of benzene rings is 7. The normalized spacial score (nSPS) is 15.0. The van der Waals surface area contributed by atoms with Gasteiger partial charge < -0.3 is 9.11 Å². The molecule has 0 radical (unpaired) electrons. The van der Waals surface area contributed by atoms with Gasteiger partial charge in [0.2, 0.25) is 0 Å². The maximum absolute atomic E-state index is 13.6. The summed E-state index contributed by atoms with van der Waals surface area (Å²) < 4.78 is 49.6. The average molecular weight is 737 g/mol. The van der Waals surface area contributed by atoms with E-state index in [2.05, 4.69) is 74.5 Å². The molecule has 4 atom stereocenters. The number of rotatable bonds is 22. The Morgan fingerprint density at radius 1 is 0.404 bits per heavy atom. The van der Waals surface area contributed by atoms with Crippen molar-refractivity contribution in [1.29, 1.82) is 0 Å². The van der Waals surface area contributed by atoms with Crippen LogP contribution in [-0.4, -0.2) is 17.5 Å². The molecule has 2 N–H and O–H groups in total. The Kier molecular flexibility index (Phi) is 12.3. The van der Waals surface area contributed by atoms with Gasteiger partial charge in [0, 0.05) is 0 Å². The van der Waals surface area contributed by atoms with Crippen molar-refractivity contribution in [3.8, 4) is 0 Å². The second-order valence-corrected chi connectivity index (χ2v) is 17.7. The van der Waals surface area contributed by atoms with E-state index in [1.54, 1.807) is 0 Å². The first-order chi connectivity index (χ1) is 25.5. The fraction of sp³-hybridized carbons (Fsp3) is 0.478. The first kappa shape index (κ1) is 37.4. The monoisotopic (exact) mass is 736 g/mol. The molecular weight excluding hydrogens is 681 g/mol. The van der Waals surface area contributed by atoms with Gasteiger partial charge in [0.25, 0.3) is 0 Å². The highest BCUT2D eigenvalue weighted by Crippen LogP contribution is 2.53. The van der Waals surface area contributed by atoms with Crippen LogP contribution in [0.1, 0.15) is 151 Å². The lowest BCUT2D eigenvalue weighted by Gasteiger charge is -2.29. The van der Waals surface area contributed by atoms with Crippen molar-refractivity contribution in [3.63, 3.8) is 0 Å². The largest absolute Gasteiger partial charge is 0.306 e. The summed E-state index contributed by atoms with van der Waals surface area (Å²) >= 11 is -4.31. The molecule has 0 bridgehead atoms. The Morgan fingerprint density at radius 3 is 0.981 bits per heavy atom. The van der Waals surface area contributed by atoms with Crippen LogP contribution in [0.3, 0.4) is 0 Å². The molecule has 7 aromatic rings. The molecule has 276 valence electrons. The highest BCUT2D eigenvalue weighted by atomic mass is 32.2. The molecular formula is C46H56O4S2. The van der Waals surface area contributed by atoms with Crippen molar-refractivity contribution in [1.82, 2.24) is 0 Å². The van der Waals surface area contributed by atoms with Gasteiger partial charge in [-0.25, -0.2) is 8.42 Å². The lowest BCUT2D eigenvalue weighted by Crippen LogP contribution is -2.16. The second-order valence-electron chi connectivity index (χ2n) is 15.4. The van der Waals surface area contributed by atoms with Crippen molar-refractivity contribution in [3.05, 3.63) is 71.8 Å². The molecule has 0 saturated heterocycles. The summed E-state index contributed by atoms with van der Waals surface area (Å²) in [5.74, 6) is 0. The zero-order valence-corrected chi connectivity index (χ0v) is 32.8. The van der Waals surface area contributed by atoms with Gasteiger partial charge in [0.15, 0.2) is 22.2 Å². The molecule has 0 aliphatic carbocycles. The van der Waals surface area contributed by atoms with Crippen molar-refractivity contribution in [2.45, 2.75) is 140 Å². The fourth-order valence-electron chi connectivity index (χ4n) is 9.44. The third-order valence-electron chi connectivity index (χ3n) is 12.0. The smallest absolute Gasteiger partial charge is 0.160 e. The molecule has 4 unspecified atom stereocenters. The molecule has 0 heterocycles. The van der Waals surface area contributed by atoms with E-state index in [9.17, 15) is 17.5 Å². The molecule has 0 saturated carbocycles. The van der Waals surface area contributed by atoms with Crippen LogP contribution >= 0.6 is 0 Å². The van der Waals surface area contributed by atoms with E-state index >= 15 is 0 Å². The number of unbranched alkanes of at least 4 members (excludes halogenated alkanes) is 14. The lowest BCUT2D eigenvalue weighted by molar-refractivity contribution is 0.517. The van der Waals surface area contributed by atoms with E-state index in [-0.39, 0.29) is 0 Å². The summed E-state index contributed by atoms with van der Waals surface area (Å²) in [7, 11) is 0. The second kappa shape index (κ2) is 17.1. The molecule has 0 aromatic heterocycles. The lowest BCUT2D eigenvalue weighted by atomic mass is 9.78. The van der Waals surface area contributed by atoms with Crippen LogP contribution in [0.15, 0.2) is 60.7 Å². The van der Waals surface area contributed by atoms with Crippen molar-refractivity contribution < 1.29 is 17.5 Å². The van der Waals surface area contributed by atoms with Gasteiger partial charge in [-0.1, -0.05) is 177 Å². The van der Waals surface area contributed by atoms with E-state index < -0.39 is 32.7 Å². The third-order valence-corrected chi connectivity index (χ3v) is 13.9. The predicted octanol–water partition coefficient (Wildman–Crippen LogP) is 14.5. The molecule has 0 spiro atoms. The summed E-state index contributed by atoms with van der Waals surface area (Å²) in [6.45, 7) is 4.48. The van der Waals surface area contributed by atoms with E-state index in [1.165, 1.54) is 96.5 Å². The SMILES string of the molecule is CCCCCCCCCCC(c1c(C(CCCCCCCCCC)S(=O)O)c2ccc3ccc4ccc5ccc6ccc1c1c6c5c4c3c21)S(=O)O. The van der Waals surface area contributed by atoms with Crippen LogP contribution in [-0.2, 0) is 22.2 Å². The summed E-state index contributed by atoms with van der Waals surface area (Å²) in [5.41, 5.74) is 1.64. The van der Waals surface area contributed by atoms with Gasteiger partial charge in [-0.2, -0.15) is 0 Å². The van der Waals surface area contributed by atoms with Gasteiger partial charge in [-0.05, 0) is 88.6 Å². The summed E-state index contributed by atoms with van der Waals surface area (Å²) in [6, 6.07) is 21.9. The van der Waals surface area contributed by atoms with Gasteiger partial charge in [0.1, 0.15) is 0 Å². The minimum Gasteiger partial charge on any atom is -0.306 e. The number of hydrogen-bond acceptors (Lipinski definition) is 2. The maximum atomic E-state index is 13.6. The molecule has 6 heteroatoms. The molecule has 52 heavy (non-hydrogen) atoms. The van der Waals surface area contributed by atoms with Crippen LogP contribution in [0.2, 0.25) is 0 Å². The zero-order chi connectivity index (χ0) is 36.2. The van der Waals surface area contributed by atoms with Crippen LogP contribution in [0.25, 0.3) is 64.6 Å². The van der Waals surface area contributed by atoms with E-state index in [1.807, 2.05) is 0 Å². The summed E-state index contributed by atoms with van der Waals surface area (Å²) in [5, 5.41) is 12.5. The van der Waals surface area contributed by atoms with E-state index in [0.29, 0.717) is 12.8 Å². The molecule has 0 amide bonds. The maximum Gasteiger partial charge on any atom is 0.160 e. The van der Waals surface area contributed by atoms with Gasteiger partial charge >= 0.3 is 0 Å². The van der Waals surface area contributed by atoms with Gasteiger partial charge in [0.05, 0.1) is 10.5 Å². The first-order valence-electron chi connectivity index (χ1n) is 20.3. The third kappa shape index (κ3) is 7.18.